The first-order valence-corrected chi connectivity index (χ1v) is 5.55. The summed E-state index contributed by atoms with van der Waals surface area (Å²) in [6.07, 6.45) is -0.858. The maximum Gasteiger partial charge on any atom is 0.238 e. The van der Waals surface area contributed by atoms with Gasteiger partial charge in [0.05, 0.1) is 30.0 Å². The van der Waals surface area contributed by atoms with E-state index in [-0.39, 0.29) is 25.6 Å². The normalized spacial score (nSPS) is 12.2. The van der Waals surface area contributed by atoms with Crippen molar-refractivity contribution < 1.29 is 15.0 Å². The molecule has 1 rings (SSSR count). The van der Waals surface area contributed by atoms with Crippen molar-refractivity contribution in [3.05, 3.63) is 29.3 Å². The Bertz CT molecular complexity index is 373. The number of benzene rings is 1. The number of amides is 1. The highest BCUT2D eigenvalue weighted by molar-refractivity contribution is 6.33. The van der Waals surface area contributed by atoms with Crippen LogP contribution in [0.1, 0.15) is 0 Å². The standard InChI is InChI=1S/C11H15ClN2O3/c12-9-3-1-2-4-10(9)14-11(17)6-13-5-8(16)7-15/h1-4,8,13,15-16H,5-7H2,(H,14,17). The summed E-state index contributed by atoms with van der Waals surface area (Å²) in [4.78, 5) is 11.5. The molecule has 6 heteroatoms. The van der Waals surface area contributed by atoms with Gasteiger partial charge in [0, 0.05) is 6.54 Å². The van der Waals surface area contributed by atoms with Gasteiger partial charge >= 0.3 is 0 Å². The topological polar surface area (TPSA) is 81.6 Å². The second-order valence-electron chi connectivity index (χ2n) is 3.50. The number of para-hydroxylation sites is 1. The van der Waals surface area contributed by atoms with Crippen LogP contribution in [0.4, 0.5) is 5.69 Å². The van der Waals surface area contributed by atoms with E-state index in [9.17, 15) is 4.79 Å². The molecule has 0 bridgehead atoms. The van der Waals surface area contributed by atoms with Gasteiger partial charge in [0.1, 0.15) is 0 Å². The Hall–Kier alpha value is -1.14. The number of hydrogen-bond donors (Lipinski definition) is 4. The van der Waals surface area contributed by atoms with Gasteiger partial charge in [-0.2, -0.15) is 0 Å². The number of carbonyl (C=O) groups excluding carboxylic acids is 1. The van der Waals surface area contributed by atoms with E-state index in [1.807, 2.05) is 0 Å². The van der Waals surface area contributed by atoms with Gasteiger partial charge in [-0.3, -0.25) is 4.79 Å². The lowest BCUT2D eigenvalue weighted by atomic mass is 10.3. The zero-order valence-corrected chi connectivity index (χ0v) is 9.94. The molecule has 1 aromatic carbocycles. The minimum Gasteiger partial charge on any atom is -0.394 e. The van der Waals surface area contributed by atoms with Crippen LogP contribution in [0.25, 0.3) is 0 Å². The summed E-state index contributed by atoms with van der Waals surface area (Å²) in [5.41, 5.74) is 0.545. The number of carbonyl (C=O) groups is 1. The van der Waals surface area contributed by atoms with Gasteiger partial charge in [-0.15, -0.1) is 0 Å². The molecule has 17 heavy (non-hydrogen) atoms. The molecule has 1 unspecified atom stereocenters. The second kappa shape index (κ2) is 7.24. The minimum atomic E-state index is -0.858. The summed E-state index contributed by atoms with van der Waals surface area (Å²) in [5.74, 6) is -0.261. The molecule has 0 heterocycles. The van der Waals surface area contributed by atoms with Gasteiger partial charge in [-0.25, -0.2) is 0 Å². The molecule has 1 aromatic rings. The first-order chi connectivity index (χ1) is 8.13. The Morgan fingerprint density at radius 2 is 2.12 bits per heavy atom. The Balaban J connectivity index is 2.33. The zero-order valence-electron chi connectivity index (χ0n) is 9.19. The molecule has 0 aliphatic heterocycles. The van der Waals surface area contributed by atoms with Crippen molar-refractivity contribution in [2.24, 2.45) is 0 Å². The molecule has 0 aromatic heterocycles. The van der Waals surface area contributed by atoms with E-state index in [0.29, 0.717) is 10.7 Å². The predicted molar refractivity (Wildman–Crippen MR) is 66.0 cm³/mol. The number of hydrogen-bond acceptors (Lipinski definition) is 4. The van der Waals surface area contributed by atoms with Crippen molar-refractivity contribution in [2.45, 2.75) is 6.10 Å². The van der Waals surface area contributed by atoms with Crippen LogP contribution < -0.4 is 10.6 Å². The molecular weight excluding hydrogens is 244 g/mol. The number of halogens is 1. The molecule has 0 spiro atoms. The van der Waals surface area contributed by atoms with Crippen molar-refractivity contribution in [3.63, 3.8) is 0 Å². The first kappa shape index (κ1) is 13.9. The van der Waals surface area contributed by atoms with Crippen molar-refractivity contribution >= 4 is 23.2 Å². The third-order valence-electron chi connectivity index (χ3n) is 2.02. The van der Waals surface area contributed by atoms with E-state index in [1.54, 1.807) is 24.3 Å². The summed E-state index contributed by atoms with van der Waals surface area (Å²) >= 11 is 5.87. The third kappa shape index (κ3) is 5.14. The average molecular weight is 259 g/mol. The Morgan fingerprint density at radius 1 is 1.41 bits per heavy atom. The number of nitrogens with one attached hydrogen (secondary N) is 2. The van der Waals surface area contributed by atoms with Crippen LogP contribution in [0.3, 0.4) is 0 Å². The molecule has 1 amide bonds. The Labute approximate surface area is 104 Å². The number of aliphatic hydroxyl groups is 2. The highest BCUT2D eigenvalue weighted by atomic mass is 35.5. The fraction of sp³-hybridized carbons (Fsp3) is 0.364. The molecule has 94 valence electrons. The summed E-state index contributed by atoms with van der Waals surface area (Å²) in [6, 6.07) is 6.92. The molecule has 0 aliphatic carbocycles. The zero-order chi connectivity index (χ0) is 12.7. The summed E-state index contributed by atoms with van der Waals surface area (Å²) in [6.45, 7) is -0.131. The molecule has 0 aliphatic rings. The highest BCUT2D eigenvalue weighted by Gasteiger charge is 2.06. The summed E-state index contributed by atoms with van der Waals surface area (Å²) in [5, 5.41) is 23.4. The molecule has 0 saturated heterocycles. The lowest BCUT2D eigenvalue weighted by Crippen LogP contribution is -2.35. The number of anilines is 1. The molecule has 5 nitrogen and oxygen atoms in total. The smallest absolute Gasteiger partial charge is 0.238 e. The van der Waals surface area contributed by atoms with Crippen molar-refractivity contribution in [1.82, 2.24) is 5.32 Å². The number of aliphatic hydroxyl groups excluding tert-OH is 2. The highest BCUT2D eigenvalue weighted by Crippen LogP contribution is 2.19. The van der Waals surface area contributed by atoms with Gasteiger partial charge in [-0.1, -0.05) is 23.7 Å². The summed E-state index contributed by atoms with van der Waals surface area (Å²) in [7, 11) is 0. The second-order valence-corrected chi connectivity index (χ2v) is 3.90. The van der Waals surface area contributed by atoms with Gasteiger partial charge in [0.15, 0.2) is 0 Å². The van der Waals surface area contributed by atoms with Gasteiger partial charge in [0.25, 0.3) is 0 Å². The van der Waals surface area contributed by atoms with Crippen LogP contribution in [-0.4, -0.2) is 41.9 Å². The Morgan fingerprint density at radius 3 is 2.76 bits per heavy atom. The van der Waals surface area contributed by atoms with Crippen LogP contribution in [0.5, 0.6) is 0 Å². The van der Waals surface area contributed by atoms with Crippen LogP contribution in [0, 0.1) is 0 Å². The molecule has 4 N–H and O–H groups in total. The van der Waals surface area contributed by atoms with E-state index in [4.69, 9.17) is 21.8 Å². The van der Waals surface area contributed by atoms with Crippen molar-refractivity contribution in [2.75, 3.05) is 25.0 Å². The summed E-state index contributed by atoms with van der Waals surface area (Å²) < 4.78 is 0. The van der Waals surface area contributed by atoms with Gasteiger partial charge in [-0.05, 0) is 12.1 Å². The molecule has 0 radical (unpaired) electrons. The predicted octanol–water partition coefficient (Wildman–Crippen LogP) is 0.221. The average Bonchev–Trinajstić information content (AvgIpc) is 2.32. The Kier molecular flexibility index (Phi) is 5.93. The van der Waals surface area contributed by atoms with E-state index in [2.05, 4.69) is 10.6 Å². The SMILES string of the molecule is O=C(CNCC(O)CO)Nc1ccccc1Cl. The van der Waals surface area contributed by atoms with E-state index >= 15 is 0 Å². The lowest BCUT2D eigenvalue weighted by molar-refractivity contribution is -0.115. The minimum absolute atomic E-state index is 0.0439. The van der Waals surface area contributed by atoms with E-state index in [0.717, 1.165) is 0 Å². The van der Waals surface area contributed by atoms with Crippen molar-refractivity contribution in [3.8, 4) is 0 Å². The van der Waals surface area contributed by atoms with Crippen LogP contribution in [0.2, 0.25) is 5.02 Å². The third-order valence-corrected chi connectivity index (χ3v) is 2.35. The fourth-order valence-electron chi connectivity index (χ4n) is 1.17. The van der Waals surface area contributed by atoms with Crippen LogP contribution in [0.15, 0.2) is 24.3 Å². The molecule has 0 saturated carbocycles. The monoisotopic (exact) mass is 258 g/mol. The fourth-order valence-corrected chi connectivity index (χ4v) is 1.36. The van der Waals surface area contributed by atoms with E-state index in [1.165, 1.54) is 0 Å². The maximum atomic E-state index is 11.5. The lowest BCUT2D eigenvalue weighted by Gasteiger charge is -2.10. The molecule has 0 fully saturated rings. The van der Waals surface area contributed by atoms with Gasteiger partial charge in [0.2, 0.25) is 5.91 Å². The molecular formula is C11H15ClN2O3. The maximum absolute atomic E-state index is 11.5. The van der Waals surface area contributed by atoms with Crippen LogP contribution >= 0.6 is 11.6 Å². The van der Waals surface area contributed by atoms with Crippen LogP contribution in [-0.2, 0) is 4.79 Å². The largest absolute Gasteiger partial charge is 0.394 e. The number of rotatable bonds is 6. The molecule has 1 atom stereocenters. The van der Waals surface area contributed by atoms with E-state index < -0.39 is 6.10 Å². The van der Waals surface area contributed by atoms with Gasteiger partial charge < -0.3 is 20.8 Å². The quantitative estimate of drug-likeness (QED) is 0.589. The first-order valence-electron chi connectivity index (χ1n) is 5.17. The van der Waals surface area contributed by atoms with Crippen molar-refractivity contribution in [1.29, 1.82) is 0 Å².